The predicted octanol–water partition coefficient (Wildman–Crippen LogP) is 0.303. The van der Waals surface area contributed by atoms with Gasteiger partial charge in [0.25, 0.3) is 0 Å². The fraction of sp³-hybridized carbons (Fsp3) is 0.818. The number of carbonyl (C=O) groups excluding carboxylic acids is 2. The maximum absolute atomic E-state index is 11.8. The SMILES string of the molecule is NC(=O)[C@H]1CCCN(C(=O)NCC2CC2)C1. The molecule has 0 aromatic rings. The van der Waals surface area contributed by atoms with Crippen LogP contribution in [0.3, 0.4) is 0 Å². The normalized spacial score (nSPS) is 25.2. The van der Waals surface area contributed by atoms with Crippen molar-refractivity contribution < 1.29 is 9.59 Å². The number of primary amides is 1. The van der Waals surface area contributed by atoms with Crippen molar-refractivity contribution in [3.63, 3.8) is 0 Å². The van der Waals surface area contributed by atoms with Gasteiger partial charge in [-0.15, -0.1) is 0 Å². The molecule has 2 fully saturated rings. The Labute approximate surface area is 95.3 Å². The van der Waals surface area contributed by atoms with Crippen molar-refractivity contribution in [1.29, 1.82) is 0 Å². The van der Waals surface area contributed by atoms with Gasteiger partial charge in [0, 0.05) is 19.6 Å². The van der Waals surface area contributed by atoms with Crippen molar-refractivity contribution in [3.05, 3.63) is 0 Å². The van der Waals surface area contributed by atoms with Gasteiger partial charge in [0.15, 0.2) is 0 Å². The van der Waals surface area contributed by atoms with Gasteiger partial charge < -0.3 is 16.0 Å². The van der Waals surface area contributed by atoms with Gasteiger partial charge in [0.1, 0.15) is 0 Å². The summed E-state index contributed by atoms with van der Waals surface area (Å²) in [5.41, 5.74) is 5.26. The second-order valence-electron chi connectivity index (χ2n) is 4.82. The molecule has 1 aliphatic heterocycles. The molecule has 3 amide bonds. The second kappa shape index (κ2) is 4.72. The van der Waals surface area contributed by atoms with Crippen molar-refractivity contribution in [2.45, 2.75) is 25.7 Å². The van der Waals surface area contributed by atoms with E-state index in [1.54, 1.807) is 4.90 Å². The van der Waals surface area contributed by atoms with E-state index in [4.69, 9.17) is 5.73 Å². The summed E-state index contributed by atoms with van der Waals surface area (Å²) in [6.07, 6.45) is 4.13. The van der Waals surface area contributed by atoms with Gasteiger partial charge >= 0.3 is 6.03 Å². The maximum Gasteiger partial charge on any atom is 0.317 e. The number of hydrogen-bond donors (Lipinski definition) is 2. The van der Waals surface area contributed by atoms with Gasteiger partial charge in [0.2, 0.25) is 5.91 Å². The van der Waals surface area contributed by atoms with Crippen LogP contribution in [-0.2, 0) is 4.79 Å². The third-order valence-corrected chi connectivity index (χ3v) is 3.35. The van der Waals surface area contributed by atoms with E-state index < -0.39 is 0 Å². The first-order valence-electron chi connectivity index (χ1n) is 5.99. The van der Waals surface area contributed by atoms with Crippen LogP contribution in [0.5, 0.6) is 0 Å². The minimum Gasteiger partial charge on any atom is -0.369 e. The number of nitrogens with one attached hydrogen (secondary N) is 1. The zero-order valence-electron chi connectivity index (χ0n) is 9.45. The Hall–Kier alpha value is -1.26. The van der Waals surface area contributed by atoms with Gasteiger partial charge in [-0.25, -0.2) is 4.79 Å². The van der Waals surface area contributed by atoms with Crippen LogP contribution >= 0.6 is 0 Å². The number of likely N-dealkylation sites (tertiary alicyclic amines) is 1. The van der Waals surface area contributed by atoms with Crippen molar-refractivity contribution in [3.8, 4) is 0 Å². The predicted molar refractivity (Wildman–Crippen MR) is 59.6 cm³/mol. The van der Waals surface area contributed by atoms with Crippen molar-refractivity contribution in [2.24, 2.45) is 17.6 Å². The molecule has 1 heterocycles. The van der Waals surface area contributed by atoms with Crippen molar-refractivity contribution in [2.75, 3.05) is 19.6 Å². The molecule has 2 aliphatic rings. The molecule has 0 spiro atoms. The molecule has 1 atom stereocenters. The summed E-state index contributed by atoms with van der Waals surface area (Å²) in [6, 6.07) is -0.0437. The smallest absolute Gasteiger partial charge is 0.317 e. The molecule has 0 radical (unpaired) electrons. The van der Waals surface area contributed by atoms with E-state index in [0.717, 1.165) is 25.9 Å². The van der Waals surface area contributed by atoms with Crippen LogP contribution in [0.25, 0.3) is 0 Å². The Morgan fingerprint density at radius 2 is 2.06 bits per heavy atom. The minimum atomic E-state index is -0.292. The highest BCUT2D eigenvalue weighted by atomic mass is 16.2. The number of urea groups is 1. The Morgan fingerprint density at radius 1 is 1.31 bits per heavy atom. The zero-order chi connectivity index (χ0) is 11.5. The summed E-state index contributed by atoms with van der Waals surface area (Å²) < 4.78 is 0. The standard InChI is InChI=1S/C11H19N3O2/c12-10(15)9-2-1-5-14(7-9)11(16)13-6-8-3-4-8/h8-9H,1-7H2,(H2,12,15)(H,13,16)/t9-/m0/s1. The topological polar surface area (TPSA) is 75.4 Å². The van der Waals surface area contributed by atoms with Crippen LogP contribution < -0.4 is 11.1 Å². The van der Waals surface area contributed by atoms with Crippen LogP contribution in [0.15, 0.2) is 0 Å². The van der Waals surface area contributed by atoms with Crippen LogP contribution in [0.4, 0.5) is 4.79 Å². The average Bonchev–Trinajstić information content (AvgIpc) is 3.10. The van der Waals surface area contributed by atoms with Crippen molar-refractivity contribution >= 4 is 11.9 Å². The van der Waals surface area contributed by atoms with Crippen LogP contribution in [0.1, 0.15) is 25.7 Å². The molecule has 1 saturated heterocycles. The van der Waals surface area contributed by atoms with E-state index >= 15 is 0 Å². The number of carbonyl (C=O) groups is 2. The zero-order valence-corrected chi connectivity index (χ0v) is 9.45. The quantitative estimate of drug-likeness (QED) is 0.725. The lowest BCUT2D eigenvalue weighted by Crippen LogP contribution is -2.48. The highest BCUT2D eigenvalue weighted by molar-refractivity contribution is 5.79. The molecule has 0 aromatic heterocycles. The van der Waals surface area contributed by atoms with E-state index in [1.165, 1.54) is 12.8 Å². The third kappa shape index (κ3) is 2.87. The minimum absolute atomic E-state index is 0.0437. The molecule has 1 aliphatic carbocycles. The molecular formula is C11H19N3O2. The van der Waals surface area contributed by atoms with E-state index in [1.807, 2.05) is 0 Å². The molecular weight excluding hydrogens is 206 g/mol. The number of amides is 3. The second-order valence-corrected chi connectivity index (χ2v) is 4.82. The van der Waals surface area contributed by atoms with E-state index in [0.29, 0.717) is 12.5 Å². The fourth-order valence-electron chi connectivity index (χ4n) is 2.06. The number of piperidine rings is 1. The average molecular weight is 225 g/mol. The lowest BCUT2D eigenvalue weighted by atomic mass is 9.98. The van der Waals surface area contributed by atoms with Crippen LogP contribution in [-0.4, -0.2) is 36.5 Å². The summed E-state index contributed by atoms with van der Waals surface area (Å²) in [4.78, 5) is 24.5. The van der Waals surface area contributed by atoms with E-state index in [9.17, 15) is 9.59 Å². The molecule has 3 N–H and O–H groups in total. The first kappa shape index (κ1) is 11.2. The number of nitrogens with two attached hydrogens (primary N) is 1. The highest BCUT2D eigenvalue weighted by Gasteiger charge is 2.28. The lowest BCUT2D eigenvalue weighted by molar-refractivity contribution is -0.123. The Bertz CT molecular complexity index is 289. The molecule has 5 nitrogen and oxygen atoms in total. The van der Waals surface area contributed by atoms with E-state index in [2.05, 4.69) is 5.32 Å². The summed E-state index contributed by atoms with van der Waals surface area (Å²) >= 11 is 0. The molecule has 5 heteroatoms. The number of nitrogens with zero attached hydrogens (tertiary/aromatic N) is 1. The van der Waals surface area contributed by atoms with Crippen LogP contribution in [0, 0.1) is 11.8 Å². The van der Waals surface area contributed by atoms with Gasteiger partial charge in [0.05, 0.1) is 5.92 Å². The summed E-state index contributed by atoms with van der Waals surface area (Å²) in [5.74, 6) is 0.223. The molecule has 16 heavy (non-hydrogen) atoms. The van der Waals surface area contributed by atoms with Gasteiger partial charge in [-0.1, -0.05) is 0 Å². The monoisotopic (exact) mass is 225 g/mol. The molecule has 90 valence electrons. The summed E-state index contributed by atoms with van der Waals surface area (Å²) in [6.45, 7) is 1.99. The highest BCUT2D eigenvalue weighted by Crippen LogP contribution is 2.27. The van der Waals surface area contributed by atoms with Gasteiger partial charge in [-0.05, 0) is 31.6 Å². The summed E-state index contributed by atoms with van der Waals surface area (Å²) in [5, 5.41) is 2.91. The maximum atomic E-state index is 11.8. The third-order valence-electron chi connectivity index (χ3n) is 3.35. The first-order valence-corrected chi connectivity index (χ1v) is 5.99. The van der Waals surface area contributed by atoms with Gasteiger partial charge in [-0.2, -0.15) is 0 Å². The number of rotatable bonds is 3. The lowest BCUT2D eigenvalue weighted by Gasteiger charge is -2.31. The number of hydrogen-bond acceptors (Lipinski definition) is 2. The van der Waals surface area contributed by atoms with E-state index in [-0.39, 0.29) is 17.9 Å². The van der Waals surface area contributed by atoms with Crippen molar-refractivity contribution in [1.82, 2.24) is 10.2 Å². The summed E-state index contributed by atoms with van der Waals surface area (Å²) in [7, 11) is 0. The Morgan fingerprint density at radius 3 is 2.69 bits per heavy atom. The molecule has 0 unspecified atom stereocenters. The molecule has 1 saturated carbocycles. The Balaban J connectivity index is 1.78. The molecule has 2 rings (SSSR count). The van der Waals surface area contributed by atoms with Crippen LogP contribution in [0.2, 0.25) is 0 Å². The first-order chi connectivity index (χ1) is 7.66. The Kier molecular flexibility index (Phi) is 3.31. The largest absolute Gasteiger partial charge is 0.369 e. The van der Waals surface area contributed by atoms with Gasteiger partial charge in [-0.3, -0.25) is 4.79 Å². The molecule has 0 aromatic carbocycles. The molecule has 0 bridgehead atoms. The fourth-order valence-corrected chi connectivity index (χ4v) is 2.06.